The number of carboxylic acids is 1. The van der Waals surface area contributed by atoms with Crippen LogP contribution in [0.3, 0.4) is 0 Å². The highest BCUT2D eigenvalue weighted by atomic mass is 79.9. The Balaban J connectivity index is 2.95. The Kier molecular flexibility index (Phi) is 4.96. The summed E-state index contributed by atoms with van der Waals surface area (Å²) in [5.41, 5.74) is 7.88. The number of nitrogens with two attached hydrogens (primary N) is 1. The summed E-state index contributed by atoms with van der Waals surface area (Å²) in [5.74, 6) is -0.109. The normalized spacial score (nSPS) is 12.2. The minimum absolute atomic E-state index is 0.0594. The van der Waals surface area contributed by atoms with Crippen molar-refractivity contribution in [3.05, 3.63) is 27.7 Å². The van der Waals surface area contributed by atoms with Crippen LogP contribution in [0.25, 0.3) is 0 Å². The number of benzene rings is 1. The second kappa shape index (κ2) is 6.02. The fourth-order valence-electron chi connectivity index (χ4n) is 1.58. The molecule has 1 atom stereocenters. The quantitative estimate of drug-likeness (QED) is 0.877. The number of hydrogen-bond acceptors (Lipinski definition) is 3. The van der Waals surface area contributed by atoms with Gasteiger partial charge in [-0.3, -0.25) is 4.79 Å². The van der Waals surface area contributed by atoms with Gasteiger partial charge in [0.15, 0.2) is 0 Å². The zero-order valence-electron chi connectivity index (χ0n) is 9.87. The van der Waals surface area contributed by atoms with Crippen molar-refractivity contribution in [2.24, 2.45) is 5.73 Å². The number of hydrogen-bond donors (Lipinski definition) is 2. The van der Waals surface area contributed by atoms with Crippen molar-refractivity contribution in [3.8, 4) is 5.75 Å². The van der Waals surface area contributed by atoms with Crippen LogP contribution in [0.5, 0.6) is 5.75 Å². The Morgan fingerprint density at radius 2 is 2.24 bits per heavy atom. The lowest BCUT2D eigenvalue weighted by Crippen LogP contribution is -2.13. The molecular weight excluding hydrogens is 286 g/mol. The maximum Gasteiger partial charge on any atom is 0.303 e. The van der Waals surface area contributed by atoms with E-state index in [1.165, 1.54) is 0 Å². The first-order valence-electron chi connectivity index (χ1n) is 5.27. The van der Waals surface area contributed by atoms with E-state index in [0.717, 1.165) is 21.3 Å². The second-order valence-electron chi connectivity index (χ2n) is 3.89. The molecule has 0 amide bonds. The van der Waals surface area contributed by atoms with E-state index in [2.05, 4.69) is 15.9 Å². The number of carboxylic acid groups (broad SMARTS) is 1. The van der Waals surface area contributed by atoms with Crippen LogP contribution in [-0.2, 0) is 4.79 Å². The van der Waals surface area contributed by atoms with Crippen molar-refractivity contribution in [3.63, 3.8) is 0 Å². The summed E-state index contributed by atoms with van der Waals surface area (Å²) >= 11 is 3.47. The van der Waals surface area contributed by atoms with E-state index in [4.69, 9.17) is 15.6 Å². The molecule has 1 unspecified atom stereocenters. The third-order valence-corrected chi connectivity index (χ3v) is 3.64. The molecule has 4 nitrogen and oxygen atoms in total. The van der Waals surface area contributed by atoms with Crippen LogP contribution in [0.15, 0.2) is 16.6 Å². The van der Waals surface area contributed by atoms with Gasteiger partial charge in [0.2, 0.25) is 0 Å². The van der Waals surface area contributed by atoms with Crippen LogP contribution in [0.4, 0.5) is 0 Å². The molecule has 0 radical (unpaired) electrons. The molecule has 5 heteroatoms. The summed E-state index contributed by atoms with van der Waals surface area (Å²) in [4.78, 5) is 10.5. The van der Waals surface area contributed by atoms with Gasteiger partial charge in [-0.1, -0.05) is 15.9 Å². The molecule has 0 spiro atoms. The van der Waals surface area contributed by atoms with Crippen LogP contribution >= 0.6 is 15.9 Å². The number of aliphatic carboxylic acids is 1. The molecule has 0 fully saturated rings. The van der Waals surface area contributed by atoms with E-state index in [-0.39, 0.29) is 12.5 Å². The van der Waals surface area contributed by atoms with E-state index in [9.17, 15) is 4.79 Å². The average molecular weight is 302 g/mol. The van der Waals surface area contributed by atoms with Crippen molar-refractivity contribution in [2.75, 3.05) is 7.11 Å². The van der Waals surface area contributed by atoms with Crippen molar-refractivity contribution >= 4 is 21.9 Å². The van der Waals surface area contributed by atoms with Gasteiger partial charge in [0.25, 0.3) is 0 Å². The molecule has 0 aliphatic rings. The maximum atomic E-state index is 10.5. The largest absolute Gasteiger partial charge is 0.497 e. The summed E-state index contributed by atoms with van der Waals surface area (Å²) < 4.78 is 6.09. The Morgan fingerprint density at radius 1 is 1.59 bits per heavy atom. The minimum Gasteiger partial charge on any atom is -0.497 e. The fraction of sp³-hybridized carbons (Fsp3) is 0.417. The van der Waals surface area contributed by atoms with E-state index in [0.29, 0.717) is 6.42 Å². The first-order chi connectivity index (χ1) is 7.95. The van der Waals surface area contributed by atoms with E-state index in [1.807, 2.05) is 19.1 Å². The van der Waals surface area contributed by atoms with E-state index >= 15 is 0 Å². The van der Waals surface area contributed by atoms with Crippen molar-refractivity contribution in [2.45, 2.75) is 25.8 Å². The molecule has 0 aliphatic heterocycles. The average Bonchev–Trinajstić information content (AvgIpc) is 2.29. The molecule has 0 heterocycles. The number of carbonyl (C=O) groups is 1. The zero-order valence-corrected chi connectivity index (χ0v) is 11.5. The van der Waals surface area contributed by atoms with Gasteiger partial charge in [-0.2, -0.15) is 0 Å². The van der Waals surface area contributed by atoms with E-state index < -0.39 is 5.97 Å². The predicted octanol–water partition coefficient (Wildman–Crippen LogP) is 2.63. The van der Waals surface area contributed by atoms with Crippen LogP contribution in [0, 0.1) is 6.92 Å². The van der Waals surface area contributed by atoms with Crippen molar-refractivity contribution in [1.29, 1.82) is 0 Å². The Bertz CT molecular complexity index is 420. The lowest BCUT2D eigenvalue weighted by Gasteiger charge is -2.16. The molecule has 0 aromatic heterocycles. The smallest absolute Gasteiger partial charge is 0.303 e. The van der Waals surface area contributed by atoms with Crippen LogP contribution in [0.1, 0.15) is 30.0 Å². The highest BCUT2D eigenvalue weighted by Crippen LogP contribution is 2.31. The molecule has 17 heavy (non-hydrogen) atoms. The molecule has 1 rings (SSSR count). The SMILES string of the molecule is COc1cc(C)c(Br)c(C(N)CCC(=O)O)c1. The predicted molar refractivity (Wildman–Crippen MR) is 69.2 cm³/mol. The molecule has 1 aromatic carbocycles. The number of methoxy groups -OCH3 is 1. The maximum absolute atomic E-state index is 10.5. The molecule has 1 aromatic rings. The molecule has 3 N–H and O–H groups in total. The van der Waals surface area contributed by atoms with Crippen molar-refractivity contribution in [1.82, 2.24) is 0 Å². The summed E-state index contributed by atoms with van der Waals surface area (Å²) in [6.45, 7) is 1.94. The van der Waals surface area contributed by atoms with Gasteiger partial charge in [-0.15, -0.1) is 0 Å². The summed E-state index contributed by atoms with van der Waals surface area (Å²) in [6.07, 6.45) is 0.463. The minimum atomic E-state index is -0.837. The highest BCUT2D eigenvalue weighted by Gasteiger charge is 2.14. The van der Waals surface area contributed by atoms with Gasteiger partial charge in [0.05, 0.1) is 7.11 Å². The van der Waals surface area contributed by atoms with Crippen molar-refractivity contribution < 1.29 is 14.6 Å². The van der Waals surface area contributed by atoms with Gasteiger partial charge < -0.3 is 15.6 Å². The first-order valence-corrected chi connectivity index (χ1v) is 6.06. The molecular formula is C12H16BrNO3. The Morgan fingerprint density at radius 3 is 2.76 bits per heavy atom. The molecule has 0 saturated heterocycles. The van der Waals surface area contributed by atoms with E-state index in [1.54, 1.807) is 7.11 Å². The number of halogens is 1. The summed E-state index contributed by atoms with van der Waals surface area (Å²) in [6, 6.07) is 3.43. The third kappa shape index (κ3) is 3.71. The summed E-state index contributed by atoms with van der Waals surface area (Å²) in [7, 11) is 1.59. The molecule has 0 bridgehead atoms. The van der Waals surface area contributed by atoms with Gasteiger partial charge in [0.1, 0.15) is 5.75 Å². The molecule has 94 valence electrons. The zero-order chi connectivity index (χ0) is 13.0. The van der Waals surface area contributed by atoms with Gasteiger partial charge in [-0.25, -0.2) is 0 Å². The van der Waals surface area contributed by atoms with Gasteiger partial charge in [-0.05, 0) is 36.6 Å². The van der Waals surface area contributed by atoms with Crippen LogP contribution in [-0.4, -0.2) is 18.2 Å². The monoisotopic (exact) mass is 301 g/mol. The summed E-state index contributed by atoms with van der Waals surface area (Å²) in [5, 5.41) is 8.64. The lowest BCUT2D eigenvalue weighted by molar-refractivity contribution is -0.137. The molecule has 0 aliphatic carbocycles. The van der Waals surface area contributed by atoms with Gasteiger partial charge >= 0.3 is 5.97 Å². The number of rotatable bonds is 5. The lowest BCUT2D eigenvalue weighted by atomic mass is 10.0. The topological polar surface area (TPSA) is 72.5 Å². The second-order valence-corrected chi connectivity index (χ2v) is 4.68. The Labute approximate surface area is 109 Å². The Hall–Kier alpha value is -1.07. The highest BCUT2D eigenvalue weighted by molar-refractivity contribution is 9.10. The fourth-order valence-corrected chi connectivity index (χ4v) is 2.11. The van der Waals surface area contributed by atoms with Gasteiger partial charge in [0, 0.05) is 16.9 Å². The number of aryl methyl sites for hydroxylation is 1. The first kappa shape index (κ1) is 14.0. The number of ether oxygens (including phenoxy) is 1. The standard InChI is InChI=1S/C12H16BrNO3/c1-7-5-8(17-2)6-9(12(7)13)10(14)3-4-11(15)16/h5-6,10H,3-4,14H2,1-2H3,(H,15,16). The van der Waals surface area contributed by atoms with Crippen LogP contribution in [0.2, 0.25) is 0 Å². The molecule has 0 saturated carbocycles. The third-order valence-electron chi connectivity index (χ3n) is 2.56. The van der Waals surface area contributed by atoms with Crippen LogP contribution < -0.4 is 10.5 Å².